The molecule has 6 aromatic carbocycles. The minimum Gasteiger partial charge on any atom is -0.509 e. The first-order chi connectivity index (χ1) is 30.1. The minimum atomic E-state index is -0.296. The topological polar surface area (TPSA) is 33.5 Å². The number of fused-ring (bicyclic) bond motifs is 4. The Morgan fingerprint density at radius 3 is 1.88 bits per heavy atom. The van der Waals surface area contributed by atoms with Crippen molar-refractivity contribution in [1.29, 1.82) is 0 Å². The zero-order chi connectivity index (χ0) is 45.5. The van der Waals surface area contributed by atoms with Gasteiger partial charge in [-0.3, -0.25) is 0 Å². The molecular formula is C58H58FN4OPt-3. The quantitative estimate of drug-likeness (QED) is 0.155. The standard InChI is InChI=1S/C58H58FN4O.Pt/c1-55(2,3)38-21-19-37(20-22-38)47-17-14-18-51-54(47)62(44-30-40(57(7,8)9)29-41(31-44)58(10,11)12)36-61(51)43-15-13-16-45(34-43)64-46-24-25-48-49-33-42(59)23-26-50(49)63(52(48)35-46)53-32-39(27-28-60-53)56(4,5)6;/h13-33,36H,1-12H3;/q-3;. The molecule has 0 aliphatic carbocycles. The van der Waals surface area contributed by atoms with E-state index in [9.17, 15) is 4.39 Å². The van der Waals surface area contributed by atoms with Crippen molar-refractivity contribution in [2.75, 3.05) is 9.80 Å². The van der Waals surface area contributed by atoms with E-state index in [1.807, 2.05) is 47.2 Å². The molecule has 0 unspecified atom stereocenters. The first-order valence-electron chi connectivity index (χ1n) is 22.3. The van der Waals surface area contributed by atoms with Crippen molar-refractivity contribution in [3.8, 4) is 28.4 Å². The molecule has 0 fully saturated rings. The number of nitrogens with zero attached hydrogens (tertiary/aromatic N) is 4. The Kier molecular flexibility index (Phi) is 11.7. The summed E-state index contributed by atoms with van der Waals surface area (Å²) in [5, 5.41) is 1.65. The van der Waals surface area contributed by atoms with Crippen LogP contribution in [0.25, 0.3) is 38.8 Å². The Balaban J connectivity index is 0.00000576. The normalized spacial score (nSPS) is 13.4. The maximum atomic E-state index is 14.8. The van der Waals surface area contributed by atoms with Crippen LogP contribution >= 0.6 is 0 Å². The van der Waals surface area contributed by atoms with Gasteiger partial charge in [-0.15, -0.1) is 48.1 Å². The molecular weight excluding hydrogens is 983 g/mol. The second-order valence-electron chi connectivity index (χ2n) is 21.4. The third-order valence-electron chi connectivity index (χ3n) is 12.4. The summed E-state index contributed by atoms with van der Waals surface area (Å²) in [6.07, 6.45) is 1.84. The van der Waals surface area contributed by atoms with Crippen molar-refractivity contribution in [2.45, 2.75) is 105 Å². The van der Waals surface area contributed by atoms with Crippen LogP contribution in [-0.2, 0) is 42.7 Å². The van der Waals surface area contributed by atoms with Crippen LogP contribution in [-0.4, -0.2) is 9.55 Å². The molecule has 0 amide bonds. The Labute approximate surface area is 399 Å². The SMILES string of the molecule is CC(C)(C)c1ccc(-c2cccc3c2N(c2cc(C(C)(C)C)cc(C(C)(C)C)c2)[CH-]N3c2[c-]c(Oc3[c-]c4c(cc3)c3cc(F)ccc3n4-c3cc(C(C)(C)C)ccn3)ccc2)cc1.[Pt]. The van der Waals surface area contributed by atoms with Gasteiger partial charge >= 0.3 is 0 Å². The largest absolute Gasteiger partial charge is 0.509 e. The molecule has 5 nitrogen and oxygen atoms in total. The van der Waals surface area contributed by atoms with Gasteiger partial charge in [-0.25, -0.2) is 9.37 Å². The molecule has 8 aromatic rings. The molecule has 7 heteroatoms. The van der Waals surface area contributed by atoms with Crippen molar-refractivity contribution in [3.63, 3.8) is 0 Å². The Hall–Kier alpha value is -5.71. The summed E-state index contributed by atoms with van der Waals surface area (Å²) in [6.45, 7) is 29.2. The molecule has 1 aliphatic heterocycles. The summed E-state index contributed by atoms with van der Waals surface area (Å²) in [5.74, 6) is 1.50. The zero-order valence-corrected chi connectivity index (χ0v) is 41.9. The van der Waals surface area contributed by atoms with Gasteiger partial charge in [0.2, 0.25) is 0 Å². The maximum absolute atomic E-state index is 14.8. The minimum absolute atomic E-state index is 0. The molecule has 0 N–H and O–H groups in total. The Morgan fingerprint density at radius 1 is 0.569 bits per heavy atom. The Morgan fingerprint density at radius 2 is 1.22 bits per heavy atom. The van der Waals surface area contributed by atoms with Crippen LogP contribution in [0.4, 0.5) is 27.1 Å². The van der Waals surface area contributed by atoms with Gasteiger partial charge < -0.3 is 19.1 Å². The van der Waals surface area contributed by atoms with E-state index in [1.165, 1.54) is 22.8 Å². The number of hydrogen-bond acceptors (Lipinski definition) is 4. The van der Waals surface area contributed by atoms with E-state index >= 15 is 0 Å². The van der Waals surface area contributed by atoms with Gasteiger partial charge in [-0.2, -0.15) is 12.1 Å². The summed E-state index contributed by atoms with van der Waals surface area (Å²) in [4.78, 5) is 9.35. The number of benzene rings is 6. The number of pyridine rings is 1. The molecule has 0 saturated heterocycles. The van der Waals surface area contributed by atoms with Gasteiger partial charge in [-0.05, 0) is 103 Å². The summed E-state index contributed by atoms with van der Waals surface area (Å²) >= 11 is 0. The monoisotopic (exact) mass is 1040 g/mol. The number of ether oxygens (including phenoxy) is 1. The molecule has 336 valence electrons. The molecule has 0 radical (unpaired) electrons. The van der Waals surface area contributed by atoms with Gasteiger partial charge in [0, 0.05) is 66.9 Å². The van der Waals surface area contributed by atoms with Crippen LogP contribution in [0.5, 0.6) is 11.5 Å². The van der Waals surface area contributed by atoms with Crippen LogP contribution in [0.2, 0.25) is 0 Å². The van der Waals surface area contributed by atoms with E-state index in [2.05, 4.69) is 184 Å². The van der Waals surface area contributed by atoms with Crippen molar-refractivity contribution < 1.29 is 30.2 Å². The van der Waals surface area contributed by atoms with Crippen LogP contribution in [0.15, 0.2) is 128 Å². The van der Waals surface area contributed by atoms with E-state index in [-0.39, 0.29) is 48.5 Å². The molecule has 0 atom stereocenters. The summed E-state index contributed by atoms with van der Waals surface area (Å²) in [7, 11) is 0. The van der Waals surface area contributed by atoms with Crippen molar-refractivity contribution in [1.82, 2.24) is 9.55 Å². The first kappa shape index (κ1) is 45.8. The van der Waals surface area contributed by atoms with Crippen LogP contribution < -0.4 is 14.5 Å². The number of anilines is 4. The van der Waals surface area contributed by atoms with E-state index in [1.54, 1.807) is 6.07 Å². The van der Waals surface area contributed by atoms with E-state index < -0.39 is 0 Å². The summed E-state index contributed by atoms with van der Waals surface area (Å²) in [6, 6.07) is 48.7. The van der Waals surface area contributed by atoms with Gasteiger partial charge in [0.1, 0.15) is 11.6 Å². The first-order valence-corrected chi connectivity index (χ1v) is 22.3. The third kappa shape index (κ3) is 8.87. The van der Waals surface area contributed by atoms with E-state index in [4.69, 9.17) is 9.72 Å². The van der Waals surface area contributed by atoms with Crippen molar-refractivity contribution in [3.05, 3.63) is 174 Å². The molecule has 1 aliphatic rings. The summed E-state index contributed by atoms with van der Waals surface area (Å²) in [5.41, 5.74) is 12.8. The van der Waals surface area contributed by atoms with Crippen LogP contribution in [0, 0.1) is 24.6 Å². The molecule has 3 heterocycles. The number of rotatable bonds is 6. The van der Waals surface area contributed by atoms with Crippen LogP contribution in [0.1, 0.15) is 105 Å². The van der Waals surface area contributed by atoms with Gasteiger partial charge in [0.25, 0.3) is 0 Å². The number of para-hydroxylation sites is 1. The third-order valence-corrected chi connectivity index (χ3v) is 12.4. The molecule has 0 bridgehead atoms. The molecule has 65 heavy (non-hydrogen) atoms. The van der Waals surface area contributed by atoms with Crippen molar-refractivity contribution in [2.24, 2.45) is 0 Å². The zero-order valence-electron chi connectivity index (χ0n) is 39.6. The fraction of sp³-hybridized carbons (Fsp3) is 0.276. The summed E-state index contributed by atoms with van der Waals surface area (Å²) < 4.78 is 23.4. The molecule has 0 saturated carbocycles. The Bertz CT molecular complexity index is 3030. The van der Waals surface area contributed by atoms with Crippen LogP contribution in [0.3, 0.4) is 0 Å². The molecule has 2 aromatic heterocycles. The fourth-order valence-corrected chi connectivity index (χ4v) is 8.56. The fourth-order valence-electron chi connectivity index (χ4n) is 8.56. The average molecular weight is 1040 g/mol. The molecule has 9 rings (SSSR count). The predicted molar refractivity (Wildman–Crippen MR) is 264 cm³/mol. The molecule has 0 spiro atoms. The number of halogens is 1. The maximum Gasteiger partial charge on any atom is 0.135 e. The smallest absolute Gasteiger partial charge is 0.135 e. The van der Waals surface area contributed by atoms with E-state index in [0.717, 1.165) is 67.1 Å². The van der Waals surface area contributed by atoms with E-state index in [0.29, 0.717) is 11.5 Å². The second-order valence-corrected chi connectivity index (χ2v) is 21.4. The second kappa shape index (κ2) is 16.6. The number of aromatic nitrogens is 2. The average Bonchev–Trinajstić information content (AvgIpc) is 3.78. The van der Waals surface area contributed by atoms with Gasteiger partial charge in [0.15, 0.2) is 0 Å². The predicted octanol–water partition coefficient (Wildman–Crippen LogP) is 16.0. The van der Waals surface area contributed by atoms with Crippen molar-refractivity contribution >= 4 is 44.6 Å². The van der Waals surface area contributed by atoms with Gasteiger partial charge in [-0.1, -0.05) is 131 Å². The number of hydrogen-bond donors (Lipinski definition) is 0. The van der Waals surface area contributed by atoms with Gasteiger partial charge in [0.05, 0.1) is 0 Å².